The molecule has 2 rings (SSSR count). The van der Waals surface area contributed by atoms with E-state index < -0.39 is 11.9 Å². The van der Waals surface area contributed by atoms with Gasteiger partial charge in [0.25, 0.3) is 0 Å². The van der Waals surface area contributed by atoms with Crippen molar-refractivity contribution in [3.05, 3.63) is 34.6 Å². The number of halogens is 2. The normalized spacial score (nSPS) is 19.1. The molecule has 2 unspecified atom stereocenters. The quantitative estimate of drug-likeness (QED) is 0.806. The van der Waals surface area contributed by atoms with E-state index in [2.05, 4.69) is 5.32 Å². The molecule has 2 atom stereocenters. The van der Waals surface area contributed by atoms with Crippen LogP contribution >= 0.6 is 11.6 Å². The monoisotopic (exact) mass is 331 g/mol. The summed E-state index contributed by atoms with van der Waals surface area (Å²) in [6, 6.07) is 4.60. The van der Waals surface area contributed by atoms with E-state index in [-0.39, 0.29) is 17.2 Å². The minimum atomic E-state index is -0.582. The van der Waals surface area contributed by atoms with Crippen LogP contribution in [0.1, 0.15) is 31.4 Å². The van der Waals surface area contributed by atoms with Gasteiger partial charge < -0.3 is 19.9 Å². The van der Waals surface area contributed by atoms with Gasteiger partial charge in [-0.2, -0.15) is 0 Å². The van der Waals surface area contributed by atoms with Crippen molar-refractivity contribution in [2.24, 2.45) is 0 Å². The Kier molecular flexibility index (Phi) is 7.05. The van der Waals surface area contributed by atoms with Gasteiger partial charge in [0.15, 0.2) is 0 Å². The lowest BCUT2D eigenvalue weighted by atomic mass is 10.1. The molecule has 1 saturated heterocycles. The fourth-order valence-electron chi connectivity index (χ4n) is 2.36. The van der Waals surface area contributed by atoms with Gasteiger partial charge in [0, 0.05) is 25.8 Å². The summed E-state index contributed by atoms with van der Waals surface area (Å²) in [5.74, 6) is -0.428. The van der Waals surface area contributed by atoms with Crippen LogP contribution in [0.3, 0.4) is 0 Å². The average molecular weight is 332 g/mol. The van der Waals surface area contributed by atoms with Crippen LogP contribution in [-0.4, -0.2) is 43.7 Å². The Bertz CT molecular complexity index is 469. The van der Waals surface area contributed by atoms with Gasteiger partial charge in [-0.05, 0) is 37.5 Å². The van der Waals surface area contributed by atoms with Gasteiger partial charge in [-0.3, -0.25) is 0 Å². The van der Waals surface area contributed by atoms with E-state index in [1.165, 1.54) is 6.07 Å². The summed E-state index contributed by atoms with van der Waals surface area (Å²) in [4.78, 5) is 0. The Morgan fingerprint density at radius 2 is 2.18 bits per heavy atom. The Balaban J connectivity index is 1.70. The van der Waals surface area contributed by atoms with Gasteiger partial charge in [0.2, 0.25) is 0 Å². The number of aliphatic hydroxyl groups excluding tert-OH is 1. The van der Waals surface area contributed by atoms with Gasteiger partial charge in [0.05, 0.1) is 23.8 Å². The molecule has 0 amide bonds. The third kappa shape index (κ3) is 5.48. The van der Waals surface area contributed by atoms with E-state index in [0.29, 0.717) is 13.2 Å². The number of hydrogen-bond acceptors (Lipinski definition) is 4. The second kappa shape index (κ2) is 8.79. The molecule has 4 nitrogen and oxygen atoms in total. The third-order valence-electron chi connectivity index (χ3n) is 3.80. The minimum Gasteiger partial charge on any atom is -0.389 e. The van der Waals surface area contributed by atoms with Gasteiger partial charge in [-0.1, -0.05) is 17.7 Å². The first-order valence-electron chi connectivity index (χ1n) is 7.62. The van der Waals surface area contributed by atoms with Crippen molar-refractivity contribution in [2.45, 2.75) is 38.0 Å². The molecule has 22 heavy (non-hydrogen) atoms. The summed E-state index contributed by atoms with van der Waals surface area (Å²) in [6.45, 7) is 4.09. The lowest BCUT2D eigenvalue weighted by molar-refractivity contribution is -0.0588. The van der Waals surface area contributed by atoms with Crippen molar-refractivity contribution in [1.82, 2.24) is 5.32 Å². The summed E-state index contributed by atoms with van der Waals surface area (Å²) >= 11 is 5.77. The zero-order valence-corrected chi connectivity index (χ0v) is 13.5. The molecule has 1 aliphatic rings. The van der Waals surface area contributed by atoms with Crippen molar-refractivity contribution in [1.29, 1.82) is 0 Å². The maximum absolute atomic E-state index is 13.1. The molecule has 1 aromatic carbocycles. The van der Waals surface area contributed by atoms with E-state index in [1.54, 1.807) is 12.1 Å². The van der Waals surface area contributed by atoms with Crippen molar-refractivity contribution in [2.75, 3.05) is 26.4 Å². The van der Waals surface area contributed by atoms with Crippen molar-refractivity contribution >= 4 is 11.6 Å². The second-order valence-electron chi connectivity index (χ2n) is 5.60. The highest BCUT2D eigenvalue weighted by Gasteiger charge is 2.16. The van der Waals surface area contributed by atoms with E-state index in [1.807, 2.05) is 6.92 Å². The molecule has 1 fully saturated rings. The zero-order chi connectivity index (χ0) is 15.9. The highest BCUT2D eigenvalue weighted by Crippen LogP contribution is 2.20. The van der Waals surface area contributed by atoms with Gasteiger partial charge in [-0.25, -0.2) is 4.39 Å². The Morgan fingerprint density at radius 3 is 2.86 bits per heavy atom. The average Bonchev–Trinajstić information content (AvgIpc) is 2.54. The number of nitrogens with one attached hydrogen (secondary N) is 1. The van der Waals surface area contributed by atoms with Crippen molar-refractivity contribution < 1.29 is 19.0 Å². The maximum Gasteiger partial charge on any atom is 0.141 e. The van der Waals surface area contributed by atoms with Crippen LogP contribution in [0.25, 0.3) is 0 Å². The molecule has 1 heterocycles. The molecular formula is C16H23ClFNO3. The van der Waals surface area contributed by atoms with Gasteiger partial charge in [-0.15, -0.1) is 0 Å². The molecule has 0 spiro atoms. The predicted molar refractivity (Wildman–Crippen MR) is 83.6 cm³/mol. The van der Waals surface area contributed by atoms with Gasteiger partial charge >= 0.3 is 0 Å². The molecule has 0 aliphatic carbocycles. The molecule has 0 saturated carbocycles. The Hall–Kier alpha value is -0.720. The first kappa shape index (κ1) is 17.6. The predicted octanol–water partition coefficient (Wildman–Crippen LogP) is 2.69. The number of hydrogen-bond donors (Lipinski definition) is 2. The molecule has 0 bridgehead atoms. The summed E-state index contributed by atoms with van der Waals surface area (Å²) in [6.07, 6.45) is 1.35. The molecule has 0 radical (unpaired) electrons. The number of rotatable bonds is 7. The standard InChI is InChI=1S/C16H23ClFNO3/c1-11(12-2-3-16(18)15(17)8-12)19-9-13(20)10-22-14-4-6-21-7-5-14/h2-3,8,11,13-14,19-20H,4-7,9-10H2,1H3. The molecule has 124 valence electrons. The molecule has 2 N–H and O–H groups in total. The van der Waals surface area contributed by atoms with Crippen LogP contribution in [0.15, 0.2) is 18.2 Å². The first-order valence-corrected chi connectivity index (χ1v) is 8.00. The van der Waals surface area contributed by atoms with Gasteiger partial charge in [0.1, 0.15) is 5.82 Å². The lowest BCUT2D eigenvalue weighted by Gasteiger charge is -2.24. The highest BCUT2D eigenvalue weighted by atomic mass is 35.5. The number of ether oxygens (including phenoxy) is 2. The summed E-state index contributed by atoms with van der Waals surface area (Å²) in [7, 11) is 0. The molecule has 1 aromatic rings. The van der Waals surface area contributed by atoms with Crippen molar-refractivity contribution in [3.8, 4) is 0 Å². The van der Waals surface area contributed by atoms with Crippen LogP contribution in [0.4, 0.5) is 4.39 Å². The minimum absolute atomic E-state index is 0.0316. The molecule has 1 aliphatic heterocycles. The smallest absolute Gasteiger partial charge is 0.141 e. The van der Waals surface area contributed by atoms with E-state index >= 15 is 0 Å². The van der Waals surface area contributed by atoms with E-state index in [0.717, 1.165) is 31.6 Å². The first-order chi connectivity index (χ1) is 10.6. The van der Waals surface area contributed by atoms with Crippen molar-refractivity contribution in [3.63, 3.8) is 0 Å². The van der Waals surface area contributed by atoms with Crippen LogP contribution in [0, 0.1) is 5.82 Å². The fourth-order valence-corrected chi connectivity index (χ4v) is 2.55. The lowest BCUT2D eigenvalue weighted by Crippen LogP contribution is -2.34. The van der Waals surface area contributed by atoms with E-state index in [4.69, 9.17) is 21.1 Å². The molecule has 0 aromatic heterocycles. The molecular weight excluding hydrogens is 309 g/mol. The summed E-state index contributed by atoms with van der Waals surface area (Å²) in [5.41, 5.74) is 0.879. The highest BCUT2D eigenvalue weighted by molar-refractivity contribution is 6.30. The second-order valence-corrected chi connectivity index (χ2v) is 6.01. The molecule has 6 heteroatoms. The number of benzene rings is 1. The summed E-state index contributed by atoms with van der Waals surface area (Å²) in [5, 5.41) is 13.3. The van der Waals surface area contributed by atoms with Crippen LogP contribution in [0.5, 0.6) is 0 Å². The Labute approximate surface area is 135 Å². The fraction of sp³-hybridized carbons (Fsp3) is 0.625. The van der Waals surface area contributed by atoms with Crippen LogP contribution < -0.4 is 5.32 Å². The largest absolute Gasteiger partial charge is 0.389 e. The maximum atomic E-state index is 13.1. The Morgan fingerprint density at radius 1 is 1.45 bits per heavy atom. The topological polar surface area (TPSA) is 50.7 Å². The van der Waals surface area contributed by atoms with Crippen LogP contribution in [-0.2, 0) is 9.47 Å². The van der Waals surface area contributed by atoms with E-state index in [9.17, 15) is 9.50 Å². The summed E-state index contributed by atoms with van der Waals surface area (Å²) < 4.78 is 24.1. The number of aliphatic hydroxyl groups is 1. The SMILES string of the molecule is CC(NCC(O)COC1CCOCC1)c1ccc(F)c(Cl)c1. The third-order valence-corrected chi connectivity index (χ3v) is 4.09. The van der Waals surface area contributed by atoms with Crippen LogP contribution in [0.2, 0.25) is 5.02 Å². The zero-order valence-electron chi connectivity index (χ0n) is 12.7.